The van der Waals surface area contributed by atoms with E-state index in [-0.39, 0.29) is 5.56 Å². The summed E-state index contributed by atoms with van der Waals surface area (Å²) in [6.07, 6.45) is 0. The summed E-state index contributed by atoms with van der Waals surface area (Å²) in [5.41, 5.74) is 9.49. The quantitative estimate of drug-likeness (QED) is 0.175. The number of aryl methyl sites for hydroxylation is 2. The number of hydrogen-bond donors (Lipinski definition) is 0. The average Bonchev–Trinajstić information content (AvgIpc) is 2.99. The molecule has 0 N–H and O–H groups in total. The fourth-order valence-corrected chi connectivity index (χ4v) is 5.94. The van der Waals surface area contributed by atoms with E-state index in [1.54, 1.807) is 0 Å². The van der Waals surface area contributed by atoms with Crippen molar-refractivity contribution in [3.63, 3.8) is 0 Å². The second kappa shape index (κ2) is 9.11. The van der Waals surface area contributed by atoms with Crippen LogP contribution >= 0.6 is 0 Å². The molecule has 0 fully saturated rings. The third-order valence-corrected chi connectivity index (χ3v) is 7.88. The zero-order valence-electron chi connectivity index (χ0n) is 22.0. The molecule has 0 unspecified atom stereocenters. The second-order valence-corrected chi connectivity index (χ2v) is 10.2. The van der Waals surface area contributed by atoms with Gasteiger partial charge < -0.3 is 0 Å². The minimum Gasteiger partial charge on any atom is -0.274 e. The molecule has 7 rings (SSSR count). The van der Waals surface area contributed by atoms with Crippen molar-refractivity contribution in [2.75, 3.05) is 0 Å². The van der Waals surface area contributed by atoms with Crippen LogP contribution in [0, 0.1) is 13.8 Å². The molecule has 2 heteroatoms. The van der Waals surface area contributed by atoms with E-state index in [1.165, 1.54) is 5.56 Å². The lowest BCUT2D eigenvalue weighted by Crippen LogP contribution is -2.18. The molecule has 0 atom stereocenters. The van der Waals surface area contributed by atoms with Gasteiger partial charge in [0.15, 0.2) is 0 Å². The summed E-state index contributed by atoms with van der Waals surface area (Å²) < 4.78 is 1.99. The standard InChI is InChI=1S/C37H27NO/c1-24-22-31-32(23-25(24)2)37(39)38-35(28-18-10-5-11-19-28)33(26-14-6-3-7-15-26)29-20-12-13-21-30(29)36(38)34(31)27-16-8-4-9-17-27/h3-23H,1-2H3. The van der Waals surface area contributed by atoms with Gasteiger partial charge in [-0.05, 0) is 58.5 Å². The number of benzene rings is 5. The van der Waals surface area contributed by atoms with Crippen LogP contribution in [0.3, 0.4) is 0 Å². The Bertz CT molecular complexity index is 2070. The topological polar surface area (TPSA) is 21.5 Å². The van der Waals surface area contributed by atoms with E-state index >= 15 is 0 Å². The molecule has 0 bridgehead atoms. The smallest absolute Gasteiger partial charge is 0.263 e. The fraction of sp³-hybridized carbons (Fsp3) is 0.0541. The predicted molar refractivity (Wildman–Crippen MR) is 164 cm³/mol. The average molecular weight is 502 g/mol. The Hall–Kier alpha value is -4.95. The molecule has 0 saturated carbocycles. The lowest BCUT2D eigenvalue weighted by Gasteiger charge is -2.23. The normalized spacial score (nSPS) is 11.4. The van der Waals surface area contributed by atoms with Gasteiger partial charge in [0.25, 0.3) is 5.56 Å². The first kappa shape index (κ1) is 23.2. The van der Waals surface area contributed by atoms with E-state index in [0.29, 0.717) is 0 Å². The lowest BCUT2D eigenvalue weighted by atomic mass is 9.89. The van der Waals surface area contributed by atoms with Crippen molar-refractivity contribution < 1.29 is 0 Å². The zero-order valence-corrected chi connectivity index (χ0v) is 22.0. The Morgan fingerprint density at radius 1 is 0.462 bits per heavy atom. The first-order chi connectivity index (χ1) is 19.1. The highest BCUT2D eigenvalue weighted by atomic mass is 16.1. The summed E-state index contributed by atoms with van der Waals surface area (Å²) in [4.78, 5) is 14.7. The molecule has 186 valence electrons. The summed E-state index contributed by atoms with van der Waals surface area (Å²) in [7, 11) is 0. The van der Waals surface area contributed by atoms with Crippen LogP contribution in [0.5, 0.6) is 0 Å². The van der Waals surface area contributed by atoms with Gasteiger partial charge in [-0.25, -0.2) is 0 Å². The Labute approximate surface area is 227 Å². The molecule has 2 nitrogen and oxygen atoms in total. The predicted octanol–water partition coefficient (Wildman–Crippen LogP) is 9.22. The molecule has 0 aliphatic heterocycles. The summed E-state index contributed by atoms with van der Waals surface area (Å²) >= 11 is 0. The van der Waals surface area contributed by atoms with Gasteiger partial charge in [-0.1, -0.05) is 121 Å². The van der Waals surface area contributed by atoms with Crippen molar-refractivity contribution >= 4 is 27.1 Å². The molecular weight excluding hydrogens is 474 g/mol. The number of fused-ring (bicyclic) bond motifs is 4. The monoisotopic (exact) mass is 501 g/mol. The Balaban J connectivity index is 1.86. The third-order valence-electron chi connectivity index (χ3n) is 7.88. The van der Waals surface area contributed by atoms with Gasteiger partial charge in [0, 0.05) is 21.9 Å². The first-order valence-electron chi connectivity index (χ1n) is 13.3. The van der Waals surface area contributed by atoms with Crippen molar-refractivity contribution in [1.82, 2.24) is 4.40 Å². The van der Waals surface area contributed by atoms with E-state index in [2.05, 4.69) is 111 Å². The van der Waals surface area contributed by atoms with Crippen LogP contribution in [-0.4, -0.2) is 4.40 Å². The Kier molecular flexibility index (Phi) is 5.42. The third kappa shape index (κ3) is 3.60. The first-order valence-corrected chi connectivity index (χ1v) is 13.3. The van der Waals surface area contributed by atoms with Gasteiger partial charge in [0.1, 0.15) is 0 Å². The molecule has 0 saturated heterocycles. The lowest BCUT2D eigenvalue weighted by molar-refractivity contribution is 1.14. The van der Waals surface area contributed by atoms with E-state index < -0.39 is 0 Å². The number of hydrogen-bond acceptors (Lipinski definition) is 1. The molecule has 39 heavy (non-hydrogen) atoms. The van der Waals surface area contributed by atoms with Gasteiger partial charge in [0.2, 0.25) is 0 Å². The van der Waals surface area contributed by atoms with Crippen LogP contribution in [0.1, 0.15) is 11.1 Å². The van der Waals surface area contributed by atoms with Crippen molar-refractivity contribution in [1.29, 1.82) is 0 Å². The van der Waals surface area contributed by atoms with Crippen molar-refractivity contribution in [2.24, 2.45) is 0 Å². The van der Waals surface area contributed by atoms with Gasteiger partial charge in [-0.15, -0.1) is 0 Å². The van der Waals surface area contributed by atoms with Crippen LogP contribution in [0.25, 0.3) is 60.6 Å². The summed E-state index contributed by atoms with van der Waals surface area (Å²) in [5.74, 6) is 0. The molecule has 0 radical (unpaired) electrons. The van der Waals surface area contributed by atoms with E-state index in [4.69, 9.17) is 0 Å². The summed E-state index contributed by atoms with van der Waals surface area (Å²) in [6, 6.07) is 44.0. The second-order valence-electron chi connectivity index (χ2n) is 10.2. The SMILES string of the molecule is Cc1cc2c(-c3ccccc3)c3c4ccccc4c(-c4ccccc4)c(-c4ccccc4)n3c(=O)c2cc1C. The fourth-order valence-electron chi connectivity index (χ4n) is 5.94. The minimum atomic E-state index is 0.00423. The molecule has 0 aliphatic carbocycles. The van der Waals surface area contributed by atoms with Gasteiger partial charge in [-0.3, -0.25) is 9.20 Å². The molecule has 0 spiro atoms. The molecule has 2 aromatic heterocycles. The maximum Gasteiger partial charge on any atom is 0.263 e. The number of rotatable bonds is 3. The van der Waals surface area contributed by atoms with E-state index in [9.17, 15) is 4.79 Å². The maximum atomic E-state index is 14.7. The molecule has 7 aromatic rings. The van der Waals surface area contributed by atoms with Crippen LogP contribution in [0.2, 0.25) is 0 Å². The van der Waals surface area contributed by atoms with E-state index in [0.717, 1.165) is 66.1 Å². The largest absolute Gasteiger partial charge is 0.274 e. The number of pyridine rings is 2. The van der Waals surface area contributed by atoms with Crippen molar-refractivity contribution in [2.45, 2.75) is 13.8 Å². The minimum absolute atomic E-state index is 0.00423. The van der Waals surface area contributed by atoms with Crippen molar-refractivity contribution in [3.05, 3.63) is 149 Å². The van der Waals surface area contributed by atoms with Crippen LogP contribution in [-0.2, 0) is 0 Å². The zero-order chi connectivity index (χ0) is 26.5. The maximum absolute atomic E-state index is 14.7. The van der Waals surface area contributed by atoms with Gasteiger partial charge in [-0.2, -0.15) is 0 Å². The van der Waals surface area contributed by atoms with Gasteiger partial charge in [0.05, 0.1) is 11.2 Å². The Morgan fingerprint density at radius 2 is 0.923 bits per heavy atom. The van der Waals surface area contributed by atoms with Crippen LogP contribution in [0.4, 0.5) is 0 Å². The Morgan fingerprint density at radius 3 is 1.51 bits per heavy atom. The molecule has 0 amide bonds. The highest BCUT2D eigenvalue weighted by Gasteiger charge is 2.23. The van der Waals surface area contributed by atoms with E-state index in [1.807, 2.05) is 34.7 Å². The summed E-state index contributed by atoms with van der Waals surface area (Å²) in [5, 5.41) is 3.92. The molecular formula is C37H27NO. The van der Waals surface area contributed by atoms with Crippen molar-refractivity contribution in [3.8, 4) is 33.5 Å². The molecule has 5 aromatic carbocycles. The van der Waals surface area contributed by atoms with Crippen LogP contribution in [0.15, 0.2) is 132 Å². The molecule has 0 aliphatic rings. The number of nitrogens with zero attached hydrogens (tertiary/aromatic N) is 1. The highest BCUT2D eigenvalue weighted by Crippen LogP contribution is 2.43. The molecule has 2 heterocycles. The van der Waals surface area contributed by atoms with Gasteiger partial charge >= 0.3 is 0 Å². The summed E-state index contributed by atoms with van der Waals surface area (Å²) in [6.45, 7) is 4.20. The highest BCUT2D eigenvalue weighted by molar-refractivity contribution is 6.17. The van der Waals surface area contributed by atoms with Crippen LogP contribution < -0.4 is 5.56 Å². The number of aromatic nitrogens is 1.